The van der Waals surface area contributed by atoms with Gasteiger partial charge in [0.2, 0.25) is 0 Å². The molecule has 0 saturated heterocycles. The Hall–Kier alpha value is -3.68. The number of nitrogens with two attached hydrogens (primary N) is 1. The van der Waals surface area contributed by atoms with Crippen LogP contribution in [0.1, 0.15) is 0 Å². The van der Waals surface area contributed by atoms with E-state index < -0.39 is 18.4 Å². The van der Waals surface area contributed by atoms with Gasteiger partial charge in [0.15, 0.2) is 12.4 Å². The number of carboxylic acids is 1. The number of phenolic OH excluding ortho intramolecular Hbond substituents is 1. The van der Waals surface area contributed by atoms with Crippen molar-refractivity contribution >= 4 is 11.8 Å². The van der Waals surface area contributed by atoms with E-state index in [1.165, 1.54) is 6.07 Å². The number of aromatic nitrogens is 2. The lowest BCUT2D eigenvalue weighted by Crippen LogP contribution is -2.09. The molecule has 0 atom stereocenters. The van der Waals surface area contributed by atoms with Gasteiger partial charge in [0.1, 0.15) is 17.3 Å². The molecular weight excluding hydrogens is 341 g/mol. The highest BCUT2D eigenvalue weighted by molar-refractivity contribution is 5.79. The molecule has 0 aliphatic carbocycles. The summed E-state index contributed by atoms with van der Waals surface area (Å²) in [6.45, 7) is -0.443. The summed E-state index contributed by atoms with van der Waals surface area (Å²) in [4.78, 5) is 10.5. The zero-order chi connectivity index (χ0) is 18.7. The number of hydrogen-bond acceptors (Lipinski definition) is 6. The standard InChI is InChI=1S/C18H14FN3O4/c19-11-3-6-16(23)14(7-11)15-8-13(18(20)22-21-15)10-1-4-12(5-2-10)26-9-17(24)25/h1-8,23H,9H2,(H2,20,22)(H,24,25). The molecule has 4 N–H and O–H groups in total. The second-order valence-electron chi connectivity index (χ2n) is 5.40. The predicted molar refractivity (Wildman–Crippen MR) is 92.1 cm³/mol. The van der Waals surface area contributed by atoms with Crippen molar-refractivity contribution in [3.05, 3.63) is 54.3 Å². The number of nitrogen functional groups attached to an aromatic ring is 1. The van der Waals surface area contributed by atoms with Gasteiger partial charge in [-0.25, -0.2) is 9.18 Å². The van der Waals surface area contributed by atoms with Gasteiger partial charge in [-0.3, -0.25) is 0 Å². The van der Waals surface area contributed by atoms with Crippen molar-refractivity contribution < 1.29 is 24.1 Å². The van der Waals surface area contributed by atoms with Gasteiger partial charge in [0.05, 0.1) is 5.69 Å². The molecule has 0 spiro atoms. The molecular formula is C18H14FN3O4. The fraction of sp³-hybridized carbons (Fsp3) is 0.0556. The number of anilines is 1. The van der Waals surface area contributed by atoms with Crippen molar-refractivity contribution in [2.45, 2.75) is 0 Å². The van der Waals surface area contributed by atoms with Gasteiger partial charge in [-0.05, 0) is 42.0 Å². The van der Waals surface area contributed by atoms with Crippen LogP contribution in [0.3, 0.4) is 0 Å². The molecule has 0 unspecified atom stereocenters. The highest BCUT2D eigenvalue weighted by Crippen LogP contribution is 2.33. The highest BCUT2D eigenvalue weighted by atomic mass is 19.1. The molecule has 3 aromatic rings. The topological polar surface area (TPSA) is 119 Å². The van der Waals surface area contributed by atoms with Gasteiger partial charge in [0, 0.05) is 11.1 Å². The zero-order valence-corrected chi connectivity index (χ0v) is 13.4. The Morgan fingerprint density at radius 3 is 2.50 bits per heavy atom. The Morgan fingerprint density at radius 2 is 1.81 bits per heavy atom. The van der Waals surface area contributed by atoms with Gasteiger partial charge < -0.3 is 20.7 Å². The molecule has 3 rings (SSSR count). The number of hydrogen-bond donors (Lipinski definition) is 3. The molecule has 0 aliphatic heterocycles. The average Bonchev–Trinajstić information content (AvgIpc) is 2.63. The summed E-state index contributed by atoms with van der Waals surface area (Å²) in [6.07, 6.45) is 0. The molecule has 1 heterocycles. The summed E-state index contributed by atoms with van der Waals surface area (Å²) in [7, 11) is 0. The van der Waals surface area contributed by atoms with E-state index in [0.29, 0.717) is 16.9 Å². The summed E-state index contributed by atoms with van der Waals surface area (Å²) in [5, 5.41) is 26.3. The summed E-state index contributed by atoms with van der Waals surface area (Å²) in [6, 6.07) is 11.7. The van der Waals surface area contributed by atoms with E-state index in [-0.39, 0.29) is 22.8 Å². The molecule has 0 fully saturated rings. The quantitative estimate of drug-likeness (QED) is 0.644. The van der Waals surface area contributed by atoms with Gasteiger partial charge in [-0.2, -0.15) is 0 Å². The van der Waals surface area contributed by atoms with Crippen molar-refractivity contribution in [2.75, 3.05) is 12.3 Å². The van der Waals surface area contributed by atoms with Crippen LogP contribution in [0, 0.1) is 5.82 Å². The maximum atomic E-state index is 13.5. The van der Waals surface area contributed by atoms with Gasteiger partial charge in [-0.15, -0.1) is 10.2 Å². The van der Waals surface area contributed by atoms with Gasteiger partial charge in [-0.1, -0.05) is 12.1 Å². The van der Waals surface area contributed by atoms with E-state index in [1.807, 2.05) is 0 Å². The van der Waals surface area contributed by atoms with E-state index in [4.69, 9.17) is 15.6 Å². The van der Waals surface area contributed by atoms with Crippen LogP contribution in [-0.4, -0.2) is 33.0 Å². The van der Waals surface area contributed by atoms with Crippen LogP contribution in [0.2, 0.25) is 0 Å². The van der Waals surface area contributed by atoms with Crippen molar-refractivity contribution in [2.24, 2.45) is 0 Å². The maximum Gasteiger partial charge on any atom is 0.341 e. The number of phenols is 1. The Balaban J connectivity index is 1.95. The van der Waals surface area contributed by atoms with Crippen LogP contribution in [0.4, 0.5) is 10.2 Å². The predicted octanol–water partition coefficient (Wildman–Crippen LogP) is 2.70. The third-order valence-corrected chi connectivity index (χ3v) is 3.58. The molecule has 8 heteroatoms. The van der Waals surface area contributed by atoms with Crippen molar-refractivity contribution in [3.63, 3.8) is 0 Å². The van der Waals surface area contributed by atoms with Crippen molar-refractivity contribution in [3.8, 4) is 33.9 Å². The molecule has 0 bridgehead atoms. The average molecular weight is 355 g/mol. The molecule has 132 valence electrons. The van der Waals surface area contributed by atoms with Crippen LogP contribution >= 0.6 is 0 Å². The van der Waals surface area contributed by atoms with E-state index in [9.17, 15) is 14.3 Å². The first-order chi connectivity index (χ1) is 12.4. The van der Waals surface area contributed by atoms with Crippen LogP contribution in [-0.2, 0) is 4.79 Å². The van der Waals surface area contributed by atoms with Crippen molar-refractivity contribution in [1.82, 2.24) is 10.2 Å². The van der Waals surface area contributed by atoms with Crippen LogP contribution in [0.25, 0.3) is 22.4 Å². The lowest BCUT2D eigenvalue weighted by Gasteiger charge is -2.09. The third-order valence-electron chi connectivity index (χ3n) is 3.58. The Morgan fingerprint density at radius 1 is 1.08 bits per heavy atom. The van der Waals surface area contributed by atoms with E-state index >= 15 is 0 Å². The zero-order valence-electron chi connectivity index (χ0n) is 13.4. The number of rotatable bonds is 5. The van der Waals surface area contributed by atoms with Gasteiger partial charge in [0.25, 0.3) is 0 Å². The minimum absolute atomic E-state index is 0.131. The lowest BCUT2D eigenvalue weighted by atomic mass is 10.0. The fourth-order valence-corrected chi connectivity index (χ4v) is 2.35. The normalized spacial score (nSPS) is 10.5. The second kappa shape index (κ2) is 7.06. The largest absolute Gasteiger partial charge is 0.507 e. The number of carbonyl (C=O) groups is 1. The monoisotopic (exact) mass is 355 g/mol. The first-order valence-electron chi connectivity index (χ1n) is 7.51. The second-order valence-corrected chi connectivity index (χ2v) is 5.40. The van der Waals surface area contributed by atoms with E-state index in [0.717, 1.165) is 12.1 Å². The minimum atomic E-state index is -1.07. The first-order valence-corrected chi connectivity index (χ1v) is 7.51. The summed E-state index contributed by atoms with van der Waals surface area (Å²) in [5.41, 5.74) is 7.55. The number of ether oxygens (including phenoxy) is 1. The summed E-state index contributed by atoms with van der Waals surface area (Å²) < 4.78 is 18.5. The maximum absolute atomic E-state index is 13.5. The number of nitrogens with zero attached hydrogens (tertiary/aromatic N) is 2. The molecule has 26 heavy (non-hydrogen) atoms. The summed E-state index contributed by atoms with van der Waals surface area (Å²) in [5.74, 6) is -1.17. The van der Waals surface area contributed by atoms with E-state index in [2.05, 4.69) is 10.2 Å². The number of benzene rings is 2. The number of halogens is 1. The van der Waals surface area contributed by atoms with Crippen molar-refractivity contribution in [1.29, 1.82) is 0 Å². The van der Waals surface area contributed by atoms with Crippen LogP contribution in [0.15, 0.2) is 48.5 Å². The van der Waals surface area contributed by atoms with Crippen LogP contribution < -0.4 is 10.5 Å². The number of aromatic hydroxyl groups is 1. The Kier molecular flexibility index (Phi) is 4.66. The number of aliphatic carboxylic acids is 1. The molecule has 7 nitrogen and oxygen atoms in total. The highest BCUT2D eigenvalue weighted by Gasteiger charge is 2.12. The molecule has 0 aliphatic rings. The molecule has 1 aromatic heterocycles. The van der Waals surface area contributed by atoms with Gasteiger partial charge >= 0.3 is 5.97 Å². The molecule has 2 aromatic carbocycles. The van der Waals surface area contributed by atoms with Crippen LogP contribution in [0.5, 0.6) is 11.5 Å². The Labute approximate surface area is 147 Å². The van der Waals surface area contributed by atoms with E-state index in [1.54, 1.807) is 30.3 Å². The minimum Gasteiger partial charge on any atom is -0.507 e. The molecule has 0 amide bonds. The Bertz CT molecular complexity index is 961. The smallest absolute Gasteiger partial charge is 0.341 e. The molecule has 0 saturated carbocycles. The third kappa shape index (κ3) is 3.69. The fourth-order valence-electron chi connectivity index (χ4n) is 2.35. The lowest BCUT2D eigenvalue weighted by molar-refractivity contribution is -0.139. The molecule has 0 radical (unpaired) electrons. The number of carboxylic acid groups (broad SMARTS) is 1. The SMILES string of the molecule is Nc1nnc(-c2cc(F)ccc2O)cc1-c1ccc(OCC(=O)O)cc1. The first kappa shape index (κ1) is 17.2. The summed E-state index contributed by atoms with van der Waals surface area (Å²) >= 11 is 0.